The fourth-order valence-corrected chi connectivity index (χ4v) is 6.90. The quantitative estimate of drug-likeness (QED) is 0.0540. The molecule has 0 aromatic carbocycles. The molecule has 0 aliphatic carbocycles. The molecule has 254 valence electrons. The van der Waals surface area contributed by atoms with Gasteiger partial charge in [0.15, 0.2) is 0 Å². The molecule has 0 N–H and O–H groups in total. The highest BCUT2D eigenvalue weighted by atomic mass is 15.1. The van der Waals surface area contributed by atoms with E-state index in [-0.39, 0.29) is 0 Å². The third kappa shape index (κ3) is 25.1. The van der Waals surface area contributed by atoms with Crippen LogP contribution < -0.4 is 4.57 Å². The SMILES string of the molecule is CCCCCCCCCCCCCCCCCC[n+]1ccn(CCCCCCCCCCCCCCCCC)c1CCC. The maximum atomic E-state index is 2.58. The third-order valence-electron chi connectivity index (χ3n) is 9.82. The molecule has 1 heterocycles. The van der Waals surface area contributed by atoms with Gasteiger partial charge in [-0.2, -0.15) is 0 Å². The zero-order valence-corrected chi connectivity index (χ0v) is 30.3. The first-order valence-electron chi connectivity index (χ1n) is 20.4. The van der Waals surface area contributed by atoms with Gasteiger partial charge in [0.25, 0.3) is 5.82 Å². The molecule has 1 aromatic rings. The Morgan fingerprint density at radius 3 is 1.07 bits per heavy atom. The fraction of sp³-hybridized carbons (Fsp3) is 0.927. The molecule has 0 bridgehead atoms. The van der Waals surface area contributed by atoms with Crippen LogP contribution in [-0.2, 0) is 19.5 Å². The summed E-state index contributed by atoms with van der Waals surface area (Å²) in [6, 6.07) is 0. The normalized spacial score (nSPS) is 11.6. The molecule has 1 aromatic heterocycles. The lowest BCUT2D eigenvalue weighted by Crippen LogP contribution is -2.37. The highest BCUT2D eigenvalue weighted by molar-refractivity contribution is 4.84. The van der Waals surface area contributed by atoms with Crippen molar-refractivity contribution in [1.29, 1.82) is 0 Å². The summed E-state index contributed by atoms with van der Waals surface area (Å²) in [6.45, 7) is 9.40. The summed E-state index contributed by atoms with van der Waals surface area (Å²) in [6.07, 6.45) is 52.0. The van der Waals surface area contributed by atoms with Gasteiger partial charge in [-0.15, -0.1) is 0 Å². The van der Waals surface area contributed by atoms with E-state index in [4.69, 9.17) is 0 Å². The Kier molecular flexibility index (Phi) is 30.5. The molecule has 0 saturated heterocycles. The van der Waals surface area contributed by atoms with Gasteiger partial charge in [0.1, 0.15) is 12.4 Å². The van der Waals surface area contributed by atoms with Crippen LogP contribution in [0.1, 0.15) is 232 Å². The van der Waals surface area contributed by atoms with E-state index in [9.17, 15) is 0 Å². The summed E-state index contributed by atoms with van der Waals surface area (Å²) >= 11 is 0. The molecule has 0 radical (unpaired) electrons. The van der Waals surface area contributed by atoms with E-state index in [0.29, 0.717) is 0 Å². The van der Waals surface area contributed by atoms with Crippen LogP contribution in [0.4, 0.5) is 0 Å². The Morgan fingerprint density at radius 2 is 0.721 bits per heavy atom. The number of imidazole rings is 1. The Morgan fingerprint density at radius 1 is 0.395 bits per heavy atom. The average molecular weight is 602 g/mol. The minimum absolute atomic E-state index is 1.22. The first-order valence-corrected chi connectivity index (χ1v) is 20.4. The van der Waals surface area contributed by atoms with Crippen molar-refractivity contribution in [3.63, 3.8) is 0 Å². The van der Waals surface area contributed by atoms with Crippen molar-refractivity contribution in [1.82, 2.24) is 4.57 Å². The fourth-order valence-electron chi connectivity index (χ4n) is 6.90. The number of hydrogen-bond acceptors (Lipinski definition) is 0. The molecular weight excluding hydrogens is 520 g/mol. The lowest BCUT2D eigenvalue weighted by atomic mass is 10.0. The van der Waals surface area contributed by atoms with Crippen LogP contribution in [0.5, 0.6) is 0 Å². The Hall–Kier alpha value is -0.790. The van der Waals surface area contributed by atoms with E-state index >= 15 is 0 Å². The number of aryl methyl sites for hydroxylation is 2. The van der Waals surface area contributed by atoms with Gasteiger partial charge in [-0.25, -0.2) is 9.13 Å². The molecule has 0 aliphatic heterocycles. The van der Waals surface area contributed by atoms with Crippen molar-refractivity contribution in [3.8, 4) is 0 Å². The van der Waals surface area contributed by atoms with Crippen molar-refractivity contribution in [2.75, 3.05) is 0 Å². The Balaban J connectivity index is 1.97. The molecule has 1 rings (SSSR count). The molecule has 43 heavy (non-hydrogen) atoms. The van der Waals surface area contributed by atoms with Gasteiger partial charge in [0, 0.05) is 6.42 Å². The summed E-state index contributed by atoms with van der Waals surface area (Å²) in [4.78, 5) is 0. The highest BCUT2D eigenvalue weighted by Crippen LogP contribution is 2.15. The Labute approximate surface area is 272 Å². The van der Waals surface area contributed by atoms with E-state index in [0.717, 1.165) is 0 Å². The van der Waals surface area contributed by atoms with Crippen LogP contribution in [0.2, 0.25) is 0 Å². The summed E-state index contributed by atoms with van der Waals surface area (Å²) in [5.41, 5.74) is 0. The number of nitrogens with zero attached hydrogens (tertiary/aromatic N) is 2. The summed E-state index contributed by atoms with van der Waals surface area (Å²) in [7, 11) is 0. The summed E-state index contributed by atoms with van der Waals surface area (Å²) in [5, 5.41) is 0. The molecule has 0 atom stereocenters. The maximum Gasteiger partial charge on any atom is 0.256 e. The van der Waals surface area contributed by atoms with Crippen LogP contribution in [0.25, 0.3) is 0 Å². The lowest BCUT2D eigenvalue weighted by Gasteiger charge is -2.06. The van der Waals surface area contributed by atoms with Gasteiger partial charge in [-0.3, -0.25) is 0 Å². The molecule has 0 unspecified atom stereocenters. The Bertz CT molecular complexity index is 663. The van der Waals surface area contributed by atoms with Gasteiger partial charge < -0.3 is 0 Å². The van der Waals surface area contributed by atoms with Gasteiger partial charge in [-0.1, -0.05) is 194 Å². The van der Waals surface area contributed by atoms with Crippen molar-refractivity contribution < 1.29 is 4.57 Å². The second-order valence-corrected chi connectivity index (χ2v) is 14.1. The highest BCUT2D eigenvalue weighted by Gasteiger charge is 2.15. The second kappa shape index (κ2) is 32.6. The van der Waals surface area contributed by atoms with Crippen molar-refractivity contribution in [2.24, 2.45) is 0 Å². The van der Waals surface area contributed by atoms with Crippen LogP contribution in [0.15, 0.2) is 12.4 Å². The smallest absolute Gasteiger partial charge is 0.234 e. The first kappa shape index (κ1) is 40.2. The molecule has 2 nitrogen and oxygen atoms in total. The predicted molar refractivity (Wildman–Crippen MR) is 193 cm³/mol. The van der Waals surface area contributed by atoms with Crippen LogP contribution >= 0.6 is 0 Å². The minimum atomic E-state index is 1.22. The number of aromatic nitrogens is 2. The molecule has 0 saturated carbocycles. The van der Waals surface area contributed by atoms with Gasteiger partial charge in [0.05, 0.1) is 13.1 Å². The van der Waals surface area contributed by atoms with Gasteiger partial charge >= 0.3 is 0 Å². The summed E-state index contributed by atoms with van der Waals surface area (Å²) in [5.74, 6) is 1.58. The van der Waals surface area contributed by atoms with Crippen LogP contribution in [0, 0.1) is 0 Å². The third-order valence-corrected chi connectivity index (χ3v) is 9.82. The molecule has 0 aliphatic rings. The molecule has 2 heteroatoms. The van der Waals surface area contributed by atoms with Gasteiger partial charge in [0.2, 0.25) is 0 Å². The van der Waals surface area contributed by atoms with E-state index < -0.39 is 0 Å². The topological polar surface area (TPSA) is 8.81 Å². The first-order chi connectivity index (χ1) is 21.3. The van der Waals surface area contributed by atoms with Crippen molar-refractivity contribution in [2.45, 2.75) is 246 Å². The zero-order chi connectivity index (χ0) is 30.9. The zero-order valence-electron chi connectivity index (χ0n) is 30.3. The minimum Gasteiger partial charge on any atom is -0.234 e. The average Bonchev–Trinajstić information content (AvgIpc) is 3.39. The van der Waals surface area contributed by atoms with E-state index in [2.05, 4.69) is 42.3 Å². The van der Waals surface area contributed by atoms with Crippen molar-refractivity contribution >= 4 is 0 Å². The molecule has 0 amide bonds. The second-order valence-electron chi connectivity index (χ2n) is 14.1. The summed E-state index contributed by atoms with van der Waals surface area (Å²) < 4.78 is 5.16. The molecular formula is C41H81N2+. The predicted octanol–water partition coefficient (Wildman–Crippen LogP) is 13.9. The number of unbranched alkanes of at least 4 members (excludes halogenated alkanes) is 29. The number of hydrogen-bond donors (Lipinski definition) is 0. The standard InChI is InChI=1S/C41H81N2/c1-4-7-9-11-13-15-17-19-21-23-25-27-29-31-33-35-38-43-40-39-42(41(43)36-6-3)37-34-32-30-28-26-24-22-20-18-16-14-12-10-8-5-2/h39-40H,4-38H2,1-3H3/q+1. The van der Waals surface area contributed by atoms with Crippen molar-refractivity contribution in [3.05, 3.63) is 18.2 Å². The van der Waals surface area contributed by atoms with Gasteiger partial charge in [-0.05, 0) is 32.1 Å². The molecule has 0 fully saturated rings. The maximum absolute atomic E-state index is 2.58. The largest absolute Gasteiger partial charge is 0.256 e. The molecule has 0 spiro atoms. The van der Waals surface area contributed by atoms with E-state index in [1.807, 2.05) is 0 Å². The van der Waals surface area contributed by atoms with Crippen LogP contribution in [0.3, 0.4) is 0 Å². The van der Waals surface area contributed by atoms with E-state index in [1.54, 1.807) is 5.82 Å². The van der Waals surface area contributed by atoms with E-state index in [1.165, 1.54) is 225 Å². The van der Waals surface area contributed by atoms with Crippen LogP contribution in [-0.4, -0.2) is 4.57 Å². The lowest BCUT2D eigenvalue weighted by molar-refractivity contribution is -0.704. The number of rotatable bonds is 35. The monoisotopic (exact) mass is 602 g/mol.